The minimum Gasteiger partial charge on any atom is -0.484 e. The van der Waals surface area contributed by atoms with Gasteiger partial charge in [0.25, 0.3) is 0 Å². The Morgan fingerprint density at radius 3 is 2.46 bits per heavy atom. The number of pyridine rings is 1. The van der Waals surface area contributed by atoms with Crippen LogP contribution in [0, 0.1) is 0 Å². The highest BCUT2D eigenvalue weighted by Crippen LogP contribution is 2.23. The van der Waals surface area contributed by atoms with Crippen LogP contribution in [0.5, 0.6) is 5.75 Å². The summed E-state index contributed by atoms with van der Waals surface area (Å²) in [6, 6.07) is 10.6. The largest absolute Gasteiger partial charge is 0.484 e. The molecule has 0 fully saturated rings. The number of anilines is 1. The van der Waals surface area contributed by atoms with Crippen molar-refractivity contribution in [1.82, 2.24) is 4.98 Å². The fraction of sp³-hybridized carbons (Fsp3) is 0.389. The van der Waals surface area contributed by atoms with Gasteiger partial charge in [0, 0.05) is 31.2 Å². The summed E-state index contributed by atoms with van der Waals surface area (Å²) in [7, 11) is 0. The van der Waals surface area contributed by atoms with Crippen LogP contribution in [-0.2, 0) is 6.54 Å². The van der Waals surface area contributed by atoms with Gasteiger partial charge >= 0.3 is 6.18 Å². The van der Waals surface area contributed by atoms with Crippen LogP contribution in [0.2, 0.25) is 0 Å². The van der Waals surface area contributed by atoms with Crippen LogP contribution in [-0.4, -0.2) is 24.3 Å². The third kappa shape index (κ3) is 6.10. The highest BCUT2D eigenvalue weighted by molar-refractivity contribution is 5.49. The molecule has 24 heavy (non-hydrogen) atoms. The number of unbranched alkanes of at least 4 members (excludes halogenated alkanes) is 1. The van der Waals surface area contributed by atoms with Crippen LogP contribution in [0.15, 0.2) is 48.8 Å². The number of hydrogen-bond acceptors (Lipinski definition) is 3. The second-order valence-corrected chi connectivity index (χ2v) is 5.53. The SMILES string of the molecule is CCCCN(Cc1cccnc1)c1ccc(OCC(F)(F)F)cc1. The van der Waals surface area contributed by atoms with E-state index in [1.54, 1.807) is 30.5 Å². The zero-order valence-corrected chi connectivity index (χ0v) is 13.6. The van der Waals surface area contributed by atoms with Crippen molar-refractivity contribution in [2.24, 2.45) is 0 Å². The first kappa shape index (κ1) is 18.1. The first-order chi connectivity index (χ1) is 11.5. The third-order valence-corrected chi connectivity index (χ3v) is 3.48. The summed E-state index contributed by atoms with van der Waals surface area (Å²) in [4.78, 5) is 6.31. The van der Waals surface area contributed by atoms with Crippen molar-refractivity contribution < 1.29 is 17.9 Å². The van der Waals surface area contributed by atoms with Crippen LogP contribution < -0.4 is 9.64 Å². The zero-order valence-electron chi connectivity index (χ0n) is 13.6. The second kappa shape index (κ2) is 8.57. The quantitative estimate of drug-likeness (QED) is 0.689. The van der Waals surface area contributed by atoms with E-state index in [0.717, 1.165) is 30.6 Å². The summed E-state index contributed by atoms with van der Waals surface area (Å²) < 4.78 is 41.3. The van der Waals surface area contributed by atoms with Gasteiger partial charge in [-0.3, -0.25) is 4.98 Å². The van der Waals surface area contributed by atoms with Crippen molar-refractivity contribution >= 4 is 5.69 Å². The predicted octanol–water partition coefficient (Wildman–Crippen LogP) is 4.83. The molecule has 1 aromatic heterocycles. The van der Waals surface area contributed by atoms with E-state index in [2.05, 4.69) is 16.8 Å². The molecule has 0 N–H and O–H groups in total. The van der Waals surface area contributed by atoms with Gasteiger partial charge in [0.2, 0.25) is 0 Å². The number of aromatic nitrogens is 1. The van der Waals surface area contributed by atoms with E-state index >= 15 is 0 Å². The number of alkyl halides is 3. The molecule has 0 atom stereocenters. The predicted molar refractivity (Wildman–Crippen MR) is 88.2 cm³/mol. The van der Waals surface area contributed by atoms with Gasteiger partial charge in [-0.1, -0.05) is 19.4 Å². The molecule has 0 unspecified atom stereocenters. The molecular weight excluding hydrogens is 317 g/mol. The average Bonchev–Trinajstić information content (AvgIpc) is 2.57. The maximum Gasteiger partial charge on any atom is 0.422 e. The Balaban J connectivity index is 2.05. The Bertz CT molecular complexity index is 600. The van der Waals surface area contributed by atoms with Crippen LogP contribution in [0.4, 0.5) is 18.9 Å². The molecule has 0 aliphatic heterocycles. The zero-order chi connectivity index (χ0) is 17.4. The normalized spacial score (nSPS) is 11.3. The third-order valence-electron chi connectivity index (χ3n) is 3.48. The van der Waals surface area contributed by atoms with E-state index in [4.69, 9.17) is 4.74 Å². The Kier molecular flexibility index (Phi) is 6.46. The molecule has 3 nitrogen and oxygen atoms in total. The number of hydrogen-bond donors (Lipinski definition) is 0. The Morgan fingerprint density at radius 2 is 1.88 bits per heavy atom. The summed E-state index contributed by atoms with van der Waals surface area (Å²) in [5.41, 5.74) is 2.04. The second-order valence-electron chi connectivity index (χ2n) is 5.53. The minimum absolute atomic E-state index is 0.216. The molecule has 0 spiro atoms. The van der Waals surface area contributed by atoms with Crippen molar-refractivity contribution in [1.29, 1.82) is 0 Å². The van der Waals surface area contributed by atoms with Gasteiger partial charge in [0.05, 0.1) is 0 Å². The van der Waals surface area contributed by atoms with Crippen molar-refractivity contribution in [2.75, 3.05) is 18.1 Å². The van der Waals surface area contributed by atoms with Gasteiger partial charge in [-0.15, -0.1) is 0 Å². The fourth-order valence-electron chi connectivity index (χ4n) is 2.28. The molecule has 1 aromatic carbocycles. The highest BCUT2D eigenvalue weighted by Gasteiger charge is 2.28. The van der Waals surface area contributed by atoms with E-state index in [0.29, 0.717) is 6.54 Å². The van der Waals surface area contributed by atoms with Crippen LogP contribution in [0.3, 0.4) is 0 Å². The first-order valence-corrected chi connectivity index (χ1v) is 7.91. The number of ether oxygens (including phenoxy) is 1. The van der Waals surface area contributed by atoms with Gasteiger partial charge in [-0.05, 0) is 42.3 Å². The van der Waals surface area contributed by atoms with Gasteiger partial charge in [0.1, 0.15) is 5.75 Å². The summed E-state index contributed by atoms with van der Waals surface area (Å²) in [6.07, 6.45) is 1.32. The maximum absolute atomic E-state index is 12.2. The smallest absolute Gasteiger partial charge is 0.422 e. The molecule has 2 aromatic rings. The lowest BCUT2D eigenvalue weighted by Gasteiger charge is -2.25. The molecule has 0 aliphatic carbocycles. The molecule has 0 aliphatic rings. The maximum atomic E-state index is 12.2. The molecule has 0 bridgehead atoms. The summed E-state index contributed by atoms with van der Waals surface area (Å²) in [5, 5.41) is 0. The Hall–Kier alpha value is -2.24. The van der Waals surface area contributed by atoms with Crippen LogP contribution in [0.1, 0.15) is 25.3 Å². The van der Waals surface area contributed by atoms with E-state index in [-0.39, 0.29) is 5.75 Å². The van der Waals surface area contributed by atoms with E-state index in [9.17, 15) is 13.2 Å². The first-order valence-electron chi connectivity index (χ1n) is 7.91. The molecule has 0 saturated heterocycles. The van der Waals surface area contributed by atoms with Gasteiger partial charge in [-0.2, -0.15) is 13.2 Å². The fourth-order valence-corrected chi connectivity index (χ4v) is 2.28. The van der Waals surface area contributed by atoms with Crippen molar-refractivity contribution in [3.63, 3.8) is 0 Å². The van der Waals surface area contributed by atoms with Gasteiger partial charge in [0.15, 0.2) is 6.61 Å². The lowest BCUT2D eigenvalue weighted by atomic mass is 10.2. The summed E-state index contributed by atoms with van der Waals surface area (Å²) in [6.45, 7) is 2.42. The molecular formula is C18H21F3N2O. The molecule has 0 amide bonds. The number of rotatable bonds is 8. The monoisotopic (exact) mass is 338 g/mol. The van der Waals surface area contributed by atoms with Crippen LogP contribution in [0.25, 0.3) is 0 Å². The topological polar surface area (TPSA) is 25.4 Å². The number of nitrogens with zero attached hydrogens (tertiary/aromatic N) is 2. The van der Waals surface area contributed by atoms with Gasteiger partial charge < -0.3 is 9.64 Å². The summed E-state index contributed by atoms with van der Waals surface area (Å²) in [5.74, 6) is 0.216. The number of halogens is 3. The van der Waals surface area contributed by atoms with E-state index in [1.165, 1.54) is 0 Å². The Labute approximate surface area is 140 Å². The Morgan fingerprint density at radius 1 is 1.12 bits per heavy atom. The van der Waals surface area contributed by atoms with Crippen molar-refractivity contribution in [3.05, 3.63) is 54.4 Å². The highest BCUT2D eigenvalue weighted by atomic mass is 19.4. The van der Waals surface area contributed by atoms with E-state index < -0.39 is 12.8 Å². The molecule has 0 radical (unpaired) electrons. The molecule has 6 heteroatoms. The number of benzene rings is 1. The van der Waals surface area contributed by atoms with E-state index in [1.807, 2.05) is 18.3 Å². The van der Waals surface area contributed by atoms with Crippen LogP contribution >= 0.6 is 0 Å². The average molecular weight is 338 g/mol. The van der Waals surface area contributed by atoms with Gasteiger partial charge in [-0.25, -0.2) is 0 Å². The lowest BCUT2D eigenvalue weighted by Crippen LogP contribution is -2.24. The molecule has 0 saturated carbocycles. The van der Waals surface area contributed by atoms with Crippen molar-refractivity contribution in [3.8, 4) is 5.75 Å². The molecule has 2 rings (SSSR count). The molecule has 1 heterocycles. The lowest BCUT2D eigenvalue weighted by molar-refractivity contribution is -0.153. The molecule has 130 valence electrons. The standard InChI is InChI=1S/C18H21F3N2O/c1-2-3-11-23(13-15-5-4-10-22-12-15)16-6-8-17(9-7-16)24-14-18(19,20)21/h4-10,12H,2-3,11,13-14H2,1H3. The summed E-state index contributed by atoms with van der Waals surface area (Å²) >= 11 is 0. The van der Waals surface area contributed by atoms with Crippen molar-refractivity contribution in [2.45, 2.75) is 32.5 Å². The minimum atomic E-state index is -4.33.